The number of piperidine rings is 1. The number of carbonyl (C=O) groups excluding carboxylic acids is 1. The summed E-state index contributed by atoms with van der Waals surface area (Å²) in [6.45, 7) is 10.7. The van der Waals surface area contributed by atoms with Gasteiger partial charge in [-0.25, -0.2) is 0 Å². The third-order valence-electron chi connectivity index (χ3n) is 5.14. The number of nitrogens with one attached hydrogen (secondary N) is 1. The zero-order valence-electron chi connectivity index (χ0n) is 13.9. The largest absolute Gasteiger partial charge is 0.481 e. The predicted molar refractivity (Wildman–Crippen MR) is 81.1 cm³/mol. The van der Waals surface area contributed by atoms with E-state index in [1.54, 1.807) is 0 Å². The molecule has 21 heavy (non-hydrogen) atoms. The molecule has 1 aliphatic heterocycles. The highest BCUT2D eigenvalue weighted by Crippen LogP contribution is 2.38. The second kappa shape index (κ2) is 6.77. The molecule has 0 aromatic carbocycles. The molecule has 0 bridgehead atoms. The molecule has 122 valence electrons. The second-order valence-corrected chi connectivity index (χ2v) is 6.73. The number of carbonyl (C=O) groups is 2. The zero-order valence-corrected chi connectivity index (χ0v) is 13.9. The number of carboxylic acid groups (broad SMARTS) is 1. The molecule has 0 aliphatic carbocycles. The lowest BCUT2D eigenvalue weighted by molar-refractivity contribution is -0.160. The molecule has 0 aromatic heterocycles. The van der Waals surface area contributed by atoms with Gasteiger partial charge < -0.3 is 15.2 Å². The minimum Gasteiger partial charge on any atom is -0.481 e. The Hall–Kier alpha value is -1.10. The lowest BCUT2D eigenvalue weighted by Gasteiger charge is -2.52. The molecular weight excluding hydrogens is 270 g/mol. The van der Waals surface area contributed by atoms with Gasteiger partial charge in [-0.2, -0.15) is 0 Å². The molecular formula is C16H29NO4. The Bertz CT molecular complexity index is 398. The first kappa shape index (κ1) is 18.0. The van der Waals surface area contributed by atoms with Crippen LogP contribution in [0, 0.1) is 5.92 Å². The summed E-state index contributed by atoms with van der Waals surface area (Å²) >= 11 is 0. The molecule has 0 spiro atoms. The van der Waals surface area contributed by atoms with Gasteiger partial charge in [0.2, 0.25) is 0 Å². The van der Waals surface area contributed by atoms with E-state index in [-0.39, 0.29) is 35.9 Å². The second-order valence-electron chi connectivity index (χ2n) is 6.73. The lowest BCUT2D eigenvalue weighted by atomic mass is 9.70. The third kappa shape index (κ3) is 4.43. The van der Waals surface area contributed by atoms with E-state index in [4.69, 9.17) is 9.84 Å². The number of aliphatic carboxylic acids is 1. The summed E-state index contributed by atoms with van der Waals surface area (Å²) in [6, 6.07) is 0. The van der Waals surface area contributed by atoms with Crippen molar-refractivity contribution in [3.05, 3.63) is 0 Å². The van der Waals surface area contributed by atoms with Crippen LogP contribution in [-0.2, 0) is 14.3 Å². The van der Waals surface area contributed by atoms with E-state index in [1.165, 1.54) is 0 Å². The number of hydrogen-bond acceptors (Lipinski definition) is 4. The van der Waals surface area contributed by atoms with Gasteiger partial charge in [0.05, 0.1) is 12.8 Å². The highest BCUT2D eigenvalue weighted by Gasteiger charge is 2.47. The molecule has 1 fully saturated rings. The first-order chi connectivity index (χ1) is 9.65. The van der Waals surface area contributed by atoms with E-state index >= 15 is 0 Å². The molecule has 0 saturated carbocycles. The van der Waals surface area contributed by atoms with Gasteiger partial charge in [-0.1, -0.05) is 20.8 Å². The maximum atomic E-state index is 11.9. The van der Waals surface area contributed by atoms with E-state index in [1.807, 2.05) is 0 Å². The van der Waals surface area contributed by atoms with Crippen LogP contribution in [0.5, 0.6) is 0 Å². The Morgan fingerprint density at radius 3 is 2.33 bits per heavy atom. The number of hydrogen-bond donors (Lipinski definition) is 2. The molecule has 0 aromatic rings. The van der Waals surface area contributed by atoms with E-state index < -0.39 is 11.9 Å². The van der Waals surface area contributed by atoms with Gasteiger partial charge in [-0.15, -0.1) is 0 Å². The molecule has 1 aliphatic rings. The normalized spacial score (nSPS) is 36.2. The van der Waals surface area contributed by atoms with Crippen molar-refractivity contribution >= 4 is 11.9 Å². The van der Waals surface area contributed by atoms with Gasteiger partial charge in [0, 0.05) is 23.4 Å². The van der Waals surface area contributed by atoms with Gasteiger partial charge in [0.1, 0.15) is 6.10 Å². The Morgan fingerprint density at radius 2 is 1.86 bits per heavy atom. The van der Waals surface area contributed by atoms with Crippen LogP contribution in [0.1, 0.15) is 66.7 Å². The number of rotatable bonds is 6. The van der Waals surface area contributed by atoms with Crippen molar-refractivity contribution < 1.29 is 19.4 Å². The SMILES string of the molecule is CCC1(C)CC(OC(=O)CCC(=O)O)C(C)C(C)(CC)N1. The van der Waals surface area contributed by atoms with E-state index in [9.17, 15) is 9.59 Å². The van der Waals surface area contributed by atoms with Gasteiger partial charge >= 0.3 is 11.9 Å². The Labute approximate surface area is 127 Å². The summed E-state index contributed by atoms with van der Waals surface area (Å²) in [7, 11) is 0. The van der Waals surface area contributed by atoms with Crippen LogP contribution in [0.15, 0.2) is 0 Å². The van der Waals surface area contributed by atoms with Gasteiger partial charge in [0.25, 0.3) is 0 Å². The van der Waals surface area contributed by atoms with Gasteiger partial charge in [-0.05, 0) is 26.7 Å². The van der Waals surface area contributed by atoms with Crippen LogP contribution < -0.4 is 5.32 Å². The number of esters is 1. The molecule has 1 rings (SSSR count). The van der Waals surface area contributed by atoms with Crippen molar-refractivity contribution in [1.29, 1.82) is 0 Å². The van der Waals surface area contributed by atoms with Crippen molar-refractivity contribution in [3.8, 4) is 0 Å². The molecule has 1 saturated heterocycles. The highest BCUT2D eigenvalue weighted by molar-refractivity contribution is 5.76. The molecule has 4 atom stereocenters. The number of carboxylic acids is 1. The Morgan fingerprint density at radius 1 is 1.24 bits per heavy atom. The fraction of sp³-hybridized carbons (Fsp3) is 0.875. The number of ether oxygens (including phenoxy) is 1. The van der Waals surface area contributed by atoms with E-state index in [2.05, 4.69) is 39.9 Å². The monoisotopic (exact) mass is 299 g/mol. The Kier molecular flexibility index (Phi) is 5.79. The molecule has 4 unspecified atom stereocenters. The zero-order chi connectivity index (χ0) is 16.3. The molecule has 0 radical (unpaired) electrons. The van der Waals surface area contributed by atoms with Crippen LogP contribution in [-0.4, -0.2) is 34.2 Å². The van der Waals surface area contributed by atoms with E-state index in [0.717, 1.165) is 19.3 Å². The van der Waals surface area contributed by atoms with Crippen molar-refractivity contribution in [2.45, 2.75) is 83.9 Å². The topological polar surface area (TPSA) is 75.6 Å². The summed E-state index contributed by atoms with van der Waals surface area (Å²) < 4.78 is 5.61. The van der Waals surface area contributed by atoms with Crippen molar-refractivity contribution in [3.63, 3.8) is 0 Å². The lowest BCUT2D eigenvalue weighted by Crippen LogP contribution is -2.66. The van der Waals surface area contributed by atoms with Crippen LogP contribution in [0.2, 0.25) is 0 Å². The van der Waals surface area contributed by atoms with Crippen molar-refractivity contribution in [2.75, 3.05) is 0 Å². The molecule has 5 nitrogen and oxygen atoms in total. The Balaban J connectivity index is 2.79. The minimum absolute atomic E-state index is 0.0579. The first-order valence-corrected chi connectivity index (χ1v) is 7.86. The standard InChI is InChI=1S/C16H29NO4/c1-6-15(4)10-12(11(3)16(5,7-2)17-15)21-14(20)9-8-13(18)19/h11-12,17H,6-10H2,1-5H3,(H,18,19). The minimum atomic E-state index is -0.970. The highest BCUT2D eigenvalue weighted by atomic mass is 16.5. The van der Waals surface area contributed by atoms with E-state index in [0.29, 0.717) is 0 Å². The molecule has 5 heteroatoms. The van der Waals surface area contributed by atoms with Gasteiger partial charge in [-0.3, -0.25) is 9.59 Å². The summed E-state index contributed by atoms with van der Waals surface area (Å²) in [5, 5.41) is 12.4. The van der Waals surface area contributed by atoms with Crippen LogP contribution in [0.3, 0.4) is 0 Å². The smallest absolute Gasteiger partial charge is 0.306 e. The predicted octanol–water partition coefficient (Wildman–Crippen LogP) is 2.73. The summed E-state index contributed by atoms with van der Waals surface area (Å²) in [4.78, 5) is 22.4. The third-order valence-corrected chi connectivity index (χ3v) is 5.14. The quantitative estimate of drug-likeness (QED) is 0.738. The average molecular weight is 299 g/mol. The first-order valence-electron chi connectivity index (χ1n) is 7.86. The maximum Gasteiger partial charge on any atom is 0.306 e. The molecule has 0 amide bonds. The molecule has 1 heterocycles. The van der Waals surface area contributed by atoms with Crippen molar-refractivity contribution in [1.82, 2.24) is 5.32 Å². The summed E-state index contributed by atoms with van der Waals surface area (Å²) in [6.07, 6.45) is 2.28. The average Bonchev–Trinajstić information content (AvgIpc) is 2.42. The van der Waals surface area contributed by atoms with Crippen LogP contribution in [0.25, 0.3) is 0 Å². The molecule has 2 N–H and O–H groups in total. The summed E-state index contributed by atoms with van der Waals surface area (Å²) in [5.74, 6) is -1.19. The summed E-state index contributed by atoms with van der Waals surface area (Å²) in [5.41, 5.74) is -0.143. The van der Waals surface area contributed by atoms with Gasteiger partial charge in [0.15, 0.2) is 0 Å². The fourth-order valence-corrected chi connectivity index (χ4v) is 3.11. The van der Waals surface area contributed by atoms with Crippen molar-refractivity contribution in [2.24, 2.45) is 5.92 Å². The van der Waals surface area contributed by atoms with Crippen LogP contribution >= 0.6 is 0 Å². The van der Waals surface area contributed by atoms with Crippen LogP contribution in [0.4, 0.5) is 0 Å². The maximum absolute atomic E-state index is 11.9. The fourth-order valence-electron chi connectivity index (χ4n) is 3.11.